The second kappa shape index (κ2) is 6.64. The van der Waals surface area contributed by atoms with E-state index >= 15 is 0 Å². The molecule has 0 aliphatic carbocycles. The summed E-state index contributed by atoms with van der Waals surface area (Å²) in [5.41, 5.74) is 1.21. The molecule has 0 amide bonds. The molecule has 1 heterocycles. The van der Waals surface area contributed by atoms with E-state index < -0.39 is 10.0 Å². The van der Waals surface area contributed by atoms with Gasteiger partial charge in [-0.1, -0.05) is 12.1 Å². The van der Waals surface area contributed by atoms with E-state index in [1.165, 1.54) is 24.5 Å². The molecule has 0 saturated heterocycles. The molecular formula is C14H16FN3O2S. The Morgan fingerprint density at radius 2 is 2.10 bits per heavy atom. The number of pyridine rings is 1. The lowest BCUT2D eigenvalue weighted by atomic mass is 10.1. The van der Waals surface area contributed by atoms with Crippen LogP contribution >= 0.6 is 0 Å². The van der Waals surface area contributed by atoms with Gasteiger partial charge in [0.1, 0.15) is 10.7 Å². The lowest BCUT2D eigenvalue weighted by Gasteiger charge is -2.10. The minimum Gasteiger partial charge on any atom is -0.387 e. The topological polar surface area (TPSA) is 71.1 Å². The predicted octanol–water partition coefficient (Wildman–Crippen LogP) is 1.78. The maximum atomic E-state index is 13.0. The van der Waals surface area contributed by atoms with Gasteiger partial charge >= 0.3 is 0 Å². The minimum absolute atomic E-state index is 0.0896. The molecular weight excluding hydrogens is 293 g/mol. The second-order valence-electron chi connectivity index (χ2n) is 4.40. The zero-order valence-electron chi connectivity index (χ0n) is 11.5. The van der Waals surface area contributed by atoms with Crippen LogP contribution in [0.15, 0.2) is 47.6 Å². The van der Waals surface area contributed by atoms with Gasteiger partial charge in [-0.3, -0.25) is 4.98 Å². The van der Waals surface area contributed by atoms with Gasteiger partial charge in [0.15, 0.2) is 0 Å². The van der Waals surface area contributed by atoms with Gasteiger partial charge in [0, 0.05) is 26.0 Å². The number of halogens is 1. The van der Waals surface area contributed by atoms with Crippen LogP contribution in [0.1, 0.15) is 5.56 Å². The third-order valence-electron chi connectivity index (χ3n) is 2.94. The molecule has 0 aliphatic rings. The Kier molecular flexibility index (Phi) is 4.87. The molecule has 0 atom stereocenters. The van der Waals surface area contributed by atoms with Crippen molar-refractivity contribution in [3.63, 3.8) is 0 Å². The molecule has 0 aliphatic heterocycles. The Morgan fingerprint density at radius 3 is 2.81 bits per heavy atom. The van der Waals surface area contributed by atoms with Crippen LogP contribution in [-0.2, 0) is 16.4 Å². The van der Waals surface area contributed by atoms with Crippen LogP contribution < -0.4 is 10.0 Å². The van der Waals surface area contributed by atoms with Gasteiger partial charge in [0.25, 0.3) is 0 Å². The maximum Gasteiger partial charge on any atom is 0.244 e. The highest BCUT2D eigenvalue weighted by atomic mass is 32.2. The summed E-state index contributed by atoms with van der Waals surface area (Å²) in [6, 6.07) is 7.67. The number of benzene rings is 1. The number of sulfonamides is 1. The fourth-order valence-electron chi connectivity index (χ4n) is 1.90. The van der Waals surface area contributed by atoms with E-state index in [0.29, 0.717) is 12.1 Å². The van der Waals surface area contributed by atoms with Crippen molar-refractivity contribution >= 4 is 15.7 Å². The van der Waals surface area contributed by atoms with Crippen LogP contribution in [0.4, 0.5) is 10.1 Å². The number of hydrogen-bond acceptors (Lipinski definition) is 4. The highest BCUT2D eigenvalue weighted by Crippen LogP contribution is 2.18. The molecule has 0 fully saturated rings. The number of rotatable bonds is 6. The summed E-state index contributed by atoms with van der Waals surface area (Å²) in [5, 5.41) is 2.81. The number of nitrogens with one attached hydrogen (secondary N) is 2. The van der Waals surface area contributed by atoms with E-state index in [9.17, 15) is 12.8 Å². The fourth-order valence-corrected chi connectivity index (χ4v) is 3.09. The third kappa shape index (κ3) is 3.99. The number of anilines is 1. The first kappa shape index (κ1) is 15.4. The molecule has 7 heteroatoms. The third-order valence-corrected chi connectivity index (χ3v) is 4.43. The smallest absolute Gasteiger partial charge is 0.244 e. The van der Waals surface area contributed by atoms with E-state index in [1.807, 2.05) is 0 Å². The van der Waals surface area contributed by atoms with Crippen LogP contribution in [0, 0.1) is 5.82 Å². The molecule has 0 spiro atoms. The van der Waals surface area contributed by atoms with Gasteiger partial charge in [-0.15, -0.1) is 0 Å². The summed E-state index contributed by atoms with van der Waals surface area (Å²) in [6.07, 6.45) is 3.21. The number of hydrogen-bond donors (Lipinski definition) is 2. The maximum absolute atomic E-state index is 13.0. The quantitative estimate of drug-likeness (QED) is 0.853. The first-order chi connectivity index (χ1) is 10.0. The van der Waals surface area contributed by atoms with Crippen molar-refractivity contribution in [3.05, 3.63) is 54.1 Å². The molecule has 0 unspecified atom stereocenters. The first-order valence-corrected chi connectivity index (χ1v) is 7.87. The average molecular weight is 309 g/mol. The second-order valence-corrected chi connectivity index (χ2v) is 6.13. The molecule has 21 heavy (non-hydrogen) atoms. The van der Waals surface area contributed by atoms with E-state index in [1.54, 1.807) is 25.2 Å². The molecule has 0 saturated carbocycles. The lowest BCUT2D eigenvalue weighted by Crippen LogP contribution is -2.26. The molecule has 0 bridgehead atoms. The first-order valence-electron chi connectivity index (χ1n) is 6.39. The Bertz CT molecular complexity index is 720. The Hall–Kier alpha value is -1.99. The van der Waals surface area contributed by atoms with E-state index in [2.05, 4.69) is 15.0 Å². The van der Waals surface area contributed by atoms with E-state index in [4.69, 9.17) is 0 Å². The zero-order valence-corrected chi connectivity index (χ0v) is 12.3. The van der Waals surface area contributed by atoms with Crippen molar-refractivity contribution in [2.24, 2.45) is 0 Å². The van der Waals surface area contributed by atoms with Gasteiger partial charge in [-0.05, 0) is 30.2 Å². The zero-order chi connectivity index (χ0) is 15.3. The largest absolute Gasteiger partial charge is 0.387 e. The summed E-state index contributed by atoms with van der Waals surface area (Å²) in [5.74, 6) is -0.333. The van der Waals surface area contributed by atoms with Gasteiger partial charge in [0.05, 0.1) is 5.69 Å². The van der Waals surface area contributed by atoms with Crippen LogP contribution in [0.2, 0.25) is 0 Å². The highest BCUT2D eigenvalue weighted by Gasteiger charge is 2.17. The van der Waals surface area contributed by atoms with Crippen molar-refractivity contribution in [2.45, 2.75) is 11.3 Å². The van der Waals surface area contributed by atoms with Crippen molar-refractivity contribution < 1.29 is 12.8 Å². The SMILES string of the molecule is CNc1ccncc1S(=O)(=O)NCCc1cccc(F)c1. The molecule has 1 aromatic carbocycles. The highest BCUT2D eigenvalue weighted by molar-refractivity contribution is 7.89. The van der Waals surface area contributed by atoms with Gasteiger partial charge in [-0.25, -0.2) is 17.5 Å². The molecule has 2 aromatic rings. The average Bonchev–Trinajstić information content (AvgIpc) is 2.47. The van der Waals surface area contributed by atoms with Crippen LogP contribution in [0.25, 0.3) is 0 Å². The minimum atomic E-state index is -3.65. The van der Waals surface area contributed by atoms with Crippen molar-refractivity contribution in [1.82, 2.24) is 9.71 Å². The summed E-state index contributed by atoms with van der Waals surface area (Å²) in [4.78, 5) is 3.92. The van der Waals surface area contributed by atoms with Crippen LogP contribution in [0.3, 0.4) is 0 Å². The Morgan fingerprint density at radius 1 is 1.29 bits per heavy atom. The normalized spacial score (nSPS) is 11.3. The van der Waals surface area contributed by atoms with Gasteiger partial charge in [-0.2, -0.15) is 0 Å². The fraction of sp³-hybridized carbons (Fsp3) is 0.214. The molecule has 112 valence electrons. The molecule has 2 rings (SSSR count). The van der Waals surface area contributed by atoms with Crippen LogP contribution in [0.5, 0.6) is 0 Å². The summed E-state index contributed by atoms with van der Waals surface area (Å²) < 4.78 is 39.9. The van der Waals surface area contributed by atoms with E-state index in [0.717, 1.165) is 5.56 Å². The molecule has 0 radical (unpaired) electrons. The standard InChI is InChI=1S/C14H16FN3O2S/c1-16-13-6-7-17-10-14(13)21(19,20)18-8-5-11-3-2-4-12(15)9-11/h2-4,6-7,9-10,18H,5,8H2,1H3,(H,16,17). The summed E-state index contributed by atoms with van der Waals surface area (Å²) >= 11 is 0. The van der Waals surface area contributed by atoms with Crippen molar-refractivity contribution in [2.75, 3.05) is 18.9 Å². The number of nitrogens with zero attached hydrogens (tertiary/aromatic N) is 1. The lowest BCUT2D eigenvalue weighted by molar-refractivity contribution is 0.581. The summed E-state index contributed by atoms with van der Waals surface area (Å²) in [6.45, 7) is 0.184. The van der Waals surface area contributed by atoms with Crippen LogP contribution in [-0.4, -0.2) is 27.0 Å². The van der Waals surface area contributed by atoms with Crippen molar-refractivity contribution in [3.8, 4) is 0 Å². The Balaban J connectivity index is 2.05. The predicted molar refractivity (Wildman–Crippen MR) is 79.1 cm³/mol. The van der Waals surface area contributed by atoms with E-state index in [-0.39, 0.29) is 17.3 Å². The molecule has 5 nitrogen and oxygen atoms in total. The molecule has 2 N–H and O–H groups in total. The van der Waals surface area contributed by atoms with Gasteiger partial charge in [0.2, 0.25) is 10.0 Å². The Labute approximate surface area is 123 Å². The molecule has 1 aromatic heterocycles. The van der Waals surface area contributed by atoms with Crippen molar-refractivity contribution in [1.29, 1.82) is 0 Å². The number of aromatic nitrogens is 1. The summed E-state index contributed by atoms with van der Waals surface area (Å²) in [7, 11) is -2.01. The van der Waals surface area contributed by atoms with Gasteiger partial charge < -0.3 is 5.32 Å². The monoisotopic (exact) mass is 309 g/mol.